The smallest absolute Gasteiger partial charge is 0.00204 e. The van der Waals surface area contributed by atoms with Crippen LogP contribution >= 0.6 is 0 Å². The Bertz CT molecular complexity index is 469. The van der Waals surface area contributed by atoms with Gasteiger partial charge in [0.2, 0.25) is 0 Å². The van der Waals surface area contributed by atoms with Crippen molar-refractivity contribution >= 4 is 0 Å². The highest BCUT2D eigenvalue weighted by atomic mass is 14.1. The van der Waals surface area contributed by atoms with Gasteiger partial charge in [-0.1, -0.05) is 69.3 Å². The molecular formula is C18H24. The molecule has 0 atom stereocenters. The number of benzene rings is 2. The van der Waals surface area contributed by atoms with E-state index >= 15 is 0 Å². The average Bonchev–Trinajstić information content (AvgIpc) is 2.44. The maximum Gasteiger partial charge on any atom is -0.00204 e. The second kappa shape index (κ2) is 7.71. The van der Waals surface area contributed by atoms with Crippen molar-refractivity contribution < 1.29 is 0 Å². The largest absolute Gasteiger partial charge is 0.0683 e. The maximum atomic E-state index is 2.24. The molecule has 0 amide bonds. The number of hydrogen-bond donors (Lipinski definition) is 0. The lowest BCUT2D eigenvalue weighted by Gasteiger charge is -2.09. The third-order valence-electron chi connectivity index (χ3n) is 3.14. The third-order valence-corrected chi connectivity index (χ3v) is 3.14. The summed E-state index contributed by atoms with van der Waals surface area (Å²) in [5, 5.41) is 0. The Morgan fingerprint density at radius 1 is 0.722 bits per heavy atom. The Kier molecular flexibility index (Phi) is 6.21. The minimum Gasteiger partial charge on any atom is -0.0683 e. The molecule has 0 spiro atoms. The van der Waals surface area contributed by atoms with Crippen LogP contribution in [0, 0.1) is 6.92 Å². The van der Waals surface area contributed by atoms with E-state index in [-0.39, 0.29) is 0 Å². The molecule has 96 valence electrons. The van der Waals surface area contributed by atoms with Gasteiger partial charge in [-0.2, -0.15) is 0 Å². The molecule has 0 aliphatic heterocycles. The number of hydrogen-bond acceptors (Lipinski definition) is 0. The normalized spacial score (nSPS) is 9.56. The van der Waals surface area contributed by atoms with E-state index in [1.165, 1.54) is 22.3 Å². The van der Waals surface area contributed by atoms with E-state index in [1.807, 2.05) is 13.8 Å². The standard InChI is InChI=1S/C16H18.C2H6/c1-3-14-9-6-7-11-16(14)12-15-10-5-4-8-13(15)2;1-2/h4-11H,3,12H2,1-2H3;1-2H3. The van der Waals surface area contributed by atoms with Crippen LogP contribution in [-0.2, 0) is 12.8 Å². The van der Waals surface area contributed by atoms with Crippen molar-refractivity contribution in [1.29, 1.82) is 0 Å². The molecule has 0 saturated carbocycles. The molecule has 0 saturated heterocycles. The summed E-state index contributed by atoms with van der Waals surface area (Å²) in [5.74, 6) is 0. The van der Waals surface area contributed by atoms with E-state index in [2.05, 4.69) is 62.4 Å². The van der Waals surface area contributed by atoms with Crippen LogP contribution in [0.5, 0.6) is 0 Å². The fourth-order valence-electron chi connectivity index (χ4n) is 2.09. The first kappa shape index (κ1) is 14.5. The van der Waals surface area contributed by atoms with Gasteiger partial charge in [0, 0.05) is 0 Å². The van der Waals surface area contributed by atoms with E-state index in [0.29, 0.717) is 0 Å². The molecule has 0 heteroatoms. The van der Waals surface area contributed by atoms with Gasteiger partial charge in [-0.3, -0.25) is 0 Å². The first-order valence-corrected chi connectivity index (χ1v) is 6.92. The Balaban J connectivity index is 0.000000771. The van der Waals surface area contributed by atoms with Gasteiger partial charge in [-0.15, -0.1) is 0 Å². The number of aryl methyl sites for hydroxylation is 2. The van der Waals surface area contributed by atoms with E-state index in [4.69, 9.17) is 0 Å². The lowest BCUT2D eigenvalue weighted by Crippen LogP contribution is -1.95. The number of rotatable bonds is 3. The van der Waals surface area contributed by atoms with Gasteiger partial charge in [0.15, 0.2) is 0 Å². The second-order valence-electron chi connectivity index (χ2n) is 4.23. The Labute approximate surface area is 112 Å². The summed E-state index contributed by atoms with van der Waals surface area (Å²) in [6.07, 6.45) is 2.17. The molecule has 0 bridgehead atoms. The molecular weight excluding hydrogens is 216 g/mol. The first-order chi connectivity index (χ1) is 8.81. The summed E-state index contributed by atoms with van der Waals surface area (Å²) in [5.41, 5.74) is 5.74. The Hall–Kier alpha value is -1.56. The van der Waals surface area contributed by atoms with E-state index in [1.54, 1.807) is 0 Å². The maximum absolute atomic E-state index is 2.24. The quantitative estimate of drug-likeness (QED) is 0.694. The summed E-state index contributed by atoms with van der Waals surface area (Å²) in [7, 11) is 0. The van der Waals surface area contributed by atoms with Crippen LogP contribution in [0.4, 0.5) is 0 Å². The molecule has 0 aromatic heterocycles. The van der Waals surface area contributed by atoms with Crippen LogP contribution < -0.4 is 0 Å². The van der Waals surface area contributed by atoms with Crippen LogP contribution in [0.3, 0.4) is 0 Å². The fourth-order valence-corrected chi connectivity index (χ4v) is 2.09. The van der Waals surface area contributed by atoms with Crippen LogP contribution in [-0.4, -0.2) is 0 Å². The minimum absolute atomic E-state index is 1.05. The predicted octanol–water partition coefficient (Wildman–Crippen LogP) is 5.17. The van der Waals surface area contributed by atoms with Gasteiger partial charge in [0.05, 0.1) is 0 Å². The van der Waals surface area contributed by atoms with Gasteiger partial charge in [0.1, 0.15) is 0 Å². The van der Waals surface area contributed by atoms with Crippen LogP contribution in [0.15, 0.2) is 48.5 Å². The van der Waals surface area contributed by atoms with Crippen molar-refractivity contribution in [3.05, 3.63) is 70.8 Å². The third kappa shape index (κ3) is 3.73. The molecule has 2 aromatic rings. The van der Waals surface area contributed by atoms with Gasteiger partial charge < -0.3 is 0 Å². The SMILES string of the molecule is CC.CCc1ccccc1Cc1ccccc1C. The van der Waals surface area contributed by atoms with Gasteiger partial charge >= 0.3 is 0 Å². The first-order valence-electron chi connectivity index (χ1n) is 6.92. The molecule has 0 radical (unpaired) electrons. The summed E-state index contributed by atoms with van der Waals surface area (Å²) >= 11 is 0. The highest BCUT2D eigenvalue weighted by molar-refractivity contribution is 5.35. The highest BCUT2D eigenvalue weighted by Gasteiger charge is 2.02. The van der Waals surface area contributed by atoms with Crippen molar-refractivity contribution in [2.75, 3.05) is 0 Å². The molecule has 2 aromatic carbocycles. The van der Waals surface area contributed by atoms with E-state index in [0.717, 1.165) is 12.8 Å². The predicted molar refractivity (Wildman–Crippen MR) is 81.2 cm³/mol. The monoisotopic (exact) mass is 240 g/mol. The molecule has 0 aliphatic carbocycles. The Morgan fingerprint density at radius 2 is 1.22 bits per heavy atom. The van der Waals surface area contributed by atoms with Crippen molar-refractivity contribution in [2.45, 2.75) is 40.5 Å². The van der Waals surface area contributed by atoms with Gasteiger partial charge in [0.25, 0.3) is 0 Å². The van der Waals surface area contributed by atoms with E-state index < -0.39 is 0 Å². The lowest BCUT2D eigenvalue weighted by atomic mass is 9.96. The van der Waals surface area contributed by atoms with Crippen molar-refractivity contribution in [3.63, 3.8) is 0 Å². The lowest BCUT2D eigenvalue weighted by molar-refractivity contribution is 1.05. The topological polar surface area (TPSA) is 0 Å². The minimum atomic E-state index is 1.05. The molecule has 0 unspecified atom stereocenters. The van der Waals surface area contributed by atoms with Gasteiger partial charge in [-0.25, -0.2) is 0 Å². The fraction of sp³-hybridized carbons (Fsp3) is 0.333. The molecule has 2 rings (SSSR count). The van der Waals surface area contributed by atoms with Crippen molar-refractivity contribution in [2.24, 2.45) is 0 Å². The van der Waals surface area contributed by atoms with Crippen LogP contribution in [0.2, 0.25) is 0 Å². The van der Waals surface area contributed by atoms with Crippen molar-refractivity contribution in [3.8, 4) is 0 Å². The van der Waals surface area contributed by atoms with Crippen molar-refractivity contribution in [1.82, 2.24) is 0 Å². The van der Waals surface area contributed by atoms with Crippen LogP contribution in [0.25, 0.3) is 0 Å². The Morgan fingerprint density at radius 3 is 1.78 bits per heavy atom. The van der Waals surface area contributed by atoms with Gasteiger partial charge in [-0.05, 0) is 42.0 Å². The summed E-state index contributed by atoms with van der Waals surface area (Å²) < 4.78 is 0. The molecule has 0 heterocycles. The molecule has 18 heavy (non-hydrogen) atoms. The average molecular weight is 240 g/mol. The zero-order valence-corrected chi connectivity index (χ0v) is 12.0. The zero-order chi connectivity index (χ0) is 13.4. The molecule has 0 aliphatic rings. The summed E-state index contributed by atoms with van der Waals surface area (Å²) in [6.45, 7) is 8.40. The van der Waals surface area contributed by atoms with Crippen LogP contribution in [0.1, 0.15) is 43.0 Å². The molecule has 0 fully saturated rings. The molecule has 0 N–H and O–H groups in total. The second-order valence-corrected chi connectivity index (χ2v) is 4.23. The van der Waals surface area contributed by atoms with E-state index in [9.17, 15) is 0 Å². The molecule has 0 nitrogen and oxygen atoms in total. The summed E-state index contributed by atoms with van der Waals surface area (Å²) in [4.78, 5) is 0. The highest BCUT2D eigenvalue weighted by Crippen LogP contribution is 2.17. The zero-order valence-electron chi connectivity index (χ0n) is 12.0. The summed E-state index contributed by atoms with van der Waals surface area (Å²) in [6, 6.07) is 17.4.